The van der Waals surface area contributed by atoms with E-state index >= 15 is 0 Å². The van der Waals surface area contributed by atoms with E-state index in [-0.39, 0.29) is 24.5 Å². The standard InChI is InChI=1S/C18H15FN4O3/c1-10-15(22-9-21-10)8-12-16-11(4-2-3-7-26-18(20)25)13(19)5-6-14(16)23-17(12)24/h5-6,8-9H,3,7H2,1H3,(H2,20,25)(H,21,22)(H,23,24)/b12-8-. The molecular weight excluding hydrogens is 339 g/mol. The smallest absolute Gasteiger partial charge is 0.404 e. The highest BCUT2D eigenvalue weighted by Gasteiger charge is 2.28. The molecule has 0 radical (unpaired) electrons. The first-order chi connectivity index (χ1) is 12.5. The fourth-order valence-electron chi connectivity index (χ4n) is 2.54. The number of aromatic amines is 1. The summed E-state index contributed by atoms with van der Waals surface area (Å²) in [5.41, 5.74) is 7.51. The van der Waals surface area contributed by atoms with Crippen molar-refractivity contribution in [1.29, 1.82) is 0 Å². The third kappa shape index (κ3) is 3.42. The van der Waals surface area contributed by atoms with Crippen LogP contribution in [-0.2, 0) is 9.53 Å². The molecular formula is C18H15FN4O3. The van der Waals surface area contributed by atoms with Gasteiger partial charge < -0.3 is 20.8 Å². The average molecular weight is 354 g/mol. The summed E-state index contributed by atoms with van der Waals surface area (Å²) < 4.78 is 18.9. The first kappa shape index (κ1) is 17.2. The Kier molecular flexibility index (Phi) is 4.71. The molecule has 2 heterocycles. The van der Waals surface area contributed by atoms with Gasteiger partial charge in [-0.2, -0.15) is 0 Å². The van der Waals surface area contributed by atoms with Crippen LogP contribution < -0.4 is 11.1 Å². The van der Waals surface area contributed by atoms with E-state index in [0.717, 1.165) is 0 Å². The van der Waals surface area contributed by atoms with E-state index in [1.807, 2.05) is 0 Å². The van der Waals surface area contributed by atoms with E-state index in [9.17, 15) is 14.0 Å². The summed E-state index contributed by atoms with van der Waals surface area (Å²) in [7, 11) is 0. The number of carbonyl (C=O) groups excluding carboxylic acids is 2. The normalized spacial score (nSPS) is 13.8. The van der Waals surface area contributed by atoms with Crippen LogP contribution in [0.2, 0.25) is 0 Å². The first-order valence-corrected chi connectivity index (χ1v) is 7.74. The van der Waals surface area contributed by atoms with Crippen LogP contribution >= 0.6 is 0 Å². The number of imidazole rings is 1. The van der Waals surface area contributed by atoms with Gasteiger partial charge in [-0.1, -0.05) is 11.8 Å². The predicted molar refractivity (Wildman–Crippen MR) is 93.3 cm³/mol. The van der Waals surface area contributed by atoms with Gasteiger partial charge in [0.05, 0.1) is 34.5 Å². The Hall–Kier alpha value is -3.60. The molecule has 0 aliphatic carbocycles. The number of aryl methyl sites for hydroxylation is 1. The maximum absolute atomic E-state index is 14.3. The summed E-state index contributed by atoms with van der Waals surface area (Å²) in [6, 6.07) is 2.73. The number of nitrogens with one attached hydrogen (secondary N) is 2. The van der Waals surface area contributed by atoms with Gasteiger partial charge in [-0.15, -0.1) is 0 Å². The number of halogens is 1. The molecule has 0 fully saturated rings. The predicted octanol–water partition coefficient (Wildman–Crippen LogP) is 2.19. The molecule has 26 heavy (non-hydrogen) atoms. The number of carbonyl (C=O) groups is 2. The molecule has 0 saturated carbocycles. The third-order valence-electron chi connectivity index (χ3n) is 3.76. The Bertz CT molecular complexity index is 982. The number of amides is 2. The molecule has 2 aromatic rings. The van der Waals surface area contributed by atoms with Crippen molar-refractivity contribution in [3.05, 3.63) is 46.8 Å². The number of benzene rings is 1. The molecule has 0 spiro atoms. The van der Waals surface area contributed by atoms with E-state index in [4.69, 9.17) is 5.73 Å². The number of primary amides is 1. The molecule has 0 saturated heterocycles. The van der Waals surface area contributed by atoms with Gasteiger partial charge >= 0.3 is 6.09 Å². The SMILES string of the molecule is Cc1nc[nH]c1/C=C1\C(=O)Nc2ccc(F)c(C#CCCOC(N)=O)c21. The van der Waals surface area contributed by atoms with Gasteiger partial charge in [-0.3, -0.25) is 4.79 Å². The number of aromatic nitrogens is 2. The quantitative estimate of drug-likeness (QED) is 0.446. The van der Waals surface area contributed by atoms with Crippen molar-refractivity contribution >= 4 is 29.3 Å². The Morgan fingerprint density at radius 1 is 1.46 bits per heavy atom. The minimum absolute atomic E-state index is 0.00614. The van der Waals surface area contributed by atoms with Crippen molar-refractivity contribution in [1.82, 2.24) is 9.97 Å². The van der Waals surface area contributed by atoms with Gasteiger partial charge in [-0.05, 0) is 25.1 Å². The van der Waals surface area contributed by atoms with Crippen molar-refractivity contribution in [2.45, 2.75) is 13.3 Å². The molecule has 132 valence electrons. The highest BCUT2D eigenvalue weighted by molar-refractivity contribution is 6.35. The van der Waals surface area contributed by atoms with Gasteiger partial charge in [-0.25, -0.2) is 14.2 Å². The molecule has 1 aliphatic rings. The van der Waals surface area contributed by atoms with Crippen LogP contribution in [0.25, 0.3) is 11.6 Å². The van der Waals surface area contributed by atoms with E-state index < -0.39 is 11.9 Å². The monoisotopic (exact) mass is 354 g/mol. The Morgan fingerprint density at radius 2 is 2.27 bits per heavy atom. The molecule has 1 aromatic carbocycles. The Morgan fingerprint density at radius 3 is 2.96 bits per heavy atom. The van der Waals surface area contributed by atoms with Crippen LogP contribution in [0.5, 0.6) is 0 Å². The fraction of sp³-hybridized carbons (Fsp3) is 0.167. The number of anilines is 1. The second kappa shape index (κ2) is 7.11. The van der Waals surface area contributed by atoms with Crippen molar-refractivity contribution in [3.8, 4) is 11.8 Å². The molecule has 1 aliphatic heterocycles. The summed E-state index contributed by atoms with van der Waals surface area (Å²) in [4.78, 5) is 29.9. The molecule has 0 bridgehead atoms. The lowest BCUT2D eigenvalue weighted by atomic mass is 9.99. The van der Waals surface area contributed by atoms with E-state index in [1.54, 1.807) is 13.0 Å². The van der Waals surface area contributed by atoms with Crippen LogP contribution in [0.3, 0.4) is 0 Å². The summed E-state index contributed by atoms with van der Waals surface area (Å²) in [5.74, 6) is 4.55. The summed E-state index contributed by atoms with van der Waals surface area (Å²) in [5, 5.41) is 2.70. The molecule has 0 atom stereocenters. The number of fused-ring (bicyclic) bond motifs is 1. The van der Waals surface area contributed by atoms with Crippen LogP contribution in [0.15, 0.2) is 18.5 Å². The van der Waals surface area contributed by atoms with Crippen LogP contribution in [0, 0.1) is 24.6 Å². The number of ether oxygens (including phenoxy) is 1. The zero-order chi connectivity index (χ0) is 18.7. The number of nitrogens with two attached hydrogens (primary N) is 1. The minimum atomic E-state index is -0.895. The summed E-state index contributed by atoms with van der Waals surface area (Å²) in [6.07, 6.45) is 2.42. The largest absolute Gasteiger partial charge is 0.449 e. The number of hydrogen-bond acceptors (Lipinski definition) is 4. The van der Waals surface area contributed by atoms with Gasteiger partial charge in [0.2, 0.25) is 0 Å². The minimum Gasteiger partial charge on any atom is -0.449 e. The molecule has 2 amide bonds. The Balaban J connectivity index is 1.99. The van der Waals surface area contributed by atoms with E-state index in [0.29, 0.717) is 28.2 Å². The van der Waals surface area contributed by atoms with Crippen molar-refractivity contribution in [2.24, 2.45) is 5.73 Å². The van der Waals surface area contributed by atoms with Gasteiger partial charge in [0.25, 0.3) is 5.91 Å². The number of rotatable bonds is 3. The van der Waals surface area contributed by atoms with Crippen molar-refractivity contribution in [3.63, 3.8) is 0 Å². The third-order valence-corrected chi connectivity index (χ3v) is 3.76. The summed E-state index contributed by atoms with van der Waals surface area (Å²) in [6.45, 7) is 1.80. The van der Waals surface area contributed by atoms with Crippen molar-refractivity contribution < 1.29 is 18.7 Å². The fourth-order valence-corrected chi connectivity index (χ4v) is 2.54. The van der Waals surface area contributed by atoms with Gasteiger partial charge in [0.15, 0.2) is 0 Å². The number of hydrogen-bond donors (Lipinski definition) is 3. The lowest BCUT2D eigenvalue weighted by Crippen LogP contribution is -2.13. The van der Waals surface area contributed by atoms with E-state index in [1.165, 1.54) is 18.5 Å². The van der Waals surface area contributed by atoms with Crippen LogP contribution in [0.1, 0.15) is 28.9 Å². The zero-order valence-electron chi connectivity index (χ0n) is 13.9. The molecule has 7 nitrogen and oxygen atoms in total. The molecule has 4 N–H and O–H groups in total. The molecule has 3 rings (SSSR count). The maximum atomic E-state index is 14.3. The Labute approximate surface area is 148 Å². The van der Waals surface area contributed by atoms with Gasteiger partial charge in [0.1, 0.15) is 12.4 Å². The van der Waals surface area contributed by atoms with Gasteiger partial charge in [0, 0.05) is 12.0 Å². The lowest BCUT2D eigenvalue weighted by Gasteiger charge is -2.04. The first-order valence-electron chi connectivity index (χ1n) is 7.74. The highest BCUT2D eigenvalue weighted by Crippen LogP contribution is 2.36. The van der Waals surface area contributed by atoms with Crippen LogP contribution in [0.4, 0.5) is 14.9 Å². The number of H-pyrrole nitrogens is 1. The average Bonchev–Trinajstić information content (AvgIpc) is 3.13. The second-order valence-corrected chi connectivity index (χ2v) is 5.48. The second-order valence-electron chi connectivity index (χ2n) is 5.48. The lowest BCUT2D eigenvalue weighted by molar-refractivity contribution is -0.110. The highest BCUT2D eigenvalue weighted by atomic mass is 19.1. The maximum Gasteiger partial charge on any atom is 0.404 e. The zero-order valence-corrected chi connectivity index (χ0v) is 13.9. The van der Waals surface area contributed by atoms with E-state index in [2.05, 4.69) is 31.9 Å². The topological polar surface area (TPSA) is 110 Å². The van der Waals surface area contributed by atoms with Crippen LogP contribution in [-0.4, -0.2) is 28.6 Å². The molecule has 8 heteroatoms. The summed E-state index contributed by atoms with van der Waals surface area (Å²) >= 11 is 0. The molecule has 1 aromatic heterocycles. The molecule has 0 unspecified atom stereocenters. The van der Waals surface area contributed by atoms with Crippen molar-refractivity contribution in [2.75, 3.05) is 11.9 Å². The number of nitrogens with zero attached hydrogens (tertiary/aromatic N) is 1.